The topological polar surface area (TPSA) is 54.7 Å². The third-order valence-corrected chi connectivity index (χ3v) is 3.90. The quantitative estimate of drug-likeness (QED) is 0.857. The van der Waals surface area contributed by atoms with Gasteiger partial charge >= 0.3 is 0 Å². The highest BCUT2D eigenvalue weighted by atomic mass is 32.1. The van der Waals surface area contributed by atoms with Gasteiger partial charge in [0.2, 0.25) is 0 Å². The zero-order valence-electron chi connectivity index (χ0n) is 11.3. The Morgan fingerprint density at radius 3 is 2.84 bits per heavy atom. The van der Waals surface area contributed by atoms with E-state index in [0.717, 1.165) is 18.5 Å². The lowest BCUT2D eigenvalue weighted by Gasteiger charge is -2.15. The van der Waals surface area contributed by atoms with E-state index in [1.54, 1.807) is 11.9 Å². The predicted octanol–water partition coefficient (Wildman–Crippen LogP) is 1.80. The average molecular weight is 279 g/mol. The third-order valence-electron chi connectivity index (χ3n) is 3.01. The van der Waals surface area contributed by atoms with Crippen LogP contribution in [0.4, 0.5) is 0 Å². The smallest absolute Gasteiger partial charge is 0.271 e. The van der Waals surface area contributed by atoms with Gasteiger partial charge in [-0.25, -0.2) is 4.98 Å². The number of aromatic nitrogens is 2. The highest BCUT2D eigenvalue weighted by Crippen LogP contribution is 2.13. The molecule has 5 nitrogen and oxygen atoms in total. The molecule has 0 unspecified atom stereocenters. The van der Waals surface area contributed by atoms with Crippen LogP contribution in [0.25, 0.3) is 4.96 Å². The van der Waals surface area contributed by atoms with Gasteiger partial charge in [0.1, 0.15) is 5.56 Å². The number of amides is 1. The Morgan fingerprint density at radius 2 is 2.21 bits per heavy atom. The summed E-state index contributed by atoms with van der Waals surface area (Å²) in [6.07, 6.45) is 2.99. The van der Waals surface area contributed by atoms with Gasteiger partial charge in [0.05, 0.1) is 0 Å². The summed E-state index contributed by atoms with van der Waals surface area (Å²) in [5.41, 5.74) is 0.767. The molecular weight excluding hydrogens is 262 g/mol. The first-order chi connectivity index (χ1) is 9.10. The number of thiazole rings is 1. The van der Waals surface area contributed by atoms with Crippen molar-refractivity contribution in [2.45, 2.75) is 26.7 Å². The van der Waals surface area contributed by atoms with E-state index < -0.39 is 0 Å². The number of fused-ring (bicyclic) bond motifs is 1. The van der Waals surface area contributed by atoms with Crippen molar-refractivity contribution in [3.8, 4) is 0 Å². The molecule has 2 rings (SSSR count). The van der Waals surface area contributed by atoms with Crippen molar-refractivity contribution >= 4 is 22.2 Å². The molecule has 0 aliphatic heterocycles. The summed E-state index contributed by atoms with van der Waals surface area (Å²) >= 11 is 1.42. The molecule has 0 aliphatic carbocycles. The molecule has 0 bridgehead atoms. The van der Waals surface area contributed by atoms with Gasteiger partial charge in [-0.15, -0.1) is 11.3 Å². The van der Waals surface area contributed by atoms with Crippen molar-refractivity contribution < 1.29 is 4.79 Å². The maximum atomic E-state index is 12.4. The van der Waals surface area contributed by atoms with Crippen LogP contribution in [-0.2, 0) is 6.42 Å². The van der Waals surface area contributed by atoms with Crippen molar-refractivity contribution in [1.29, 1.82) is 0 Å². The Kier molecular flexibility index (Phi) is 3.99. The molecule has 0 spiro atoms. The van der Waals surface area contributed by atoms with Crippen LogP contribution < -0.4 is 5.56 Å². The number of hydrogen-bond acceptors (Lipinski definition) is 4. The van der Waals surface area contributed by atoms with Crippen LogP contribution in [0.5, 0.6) is 0 Å². The zero-order valence-corrected chi connectivity index (χ0v) is 12.2. The molecule has 0 N–H and O–H groups in total. The van der Waals surface area contributed by atoms with Gasteiger partial charge in [0.25, 0.3) is 11.5 Å². The minimum atomic E-state index is -0.268. The lowest BCUT2D eigenvalue weighted by atomic mass is 10.2. The first kappa shape index (κ1) is 13.7. The number of carbonyl (C=O) groups is 1. The molecule has 0 radical (unpaired) electrons. The molecule has 2 aromatic heterocycles. The molecular formula is C13H17N3O2S. The Balaban J connectivity index is 2.53. The minimum absolute atomic E-state index is 0.140. The van der Waals surface area contributed by atoms with Crippen LogP contribution in [0.1, 0.15) is 36.3 Å². The number of hydrogen-bond donors (Lipinski definition) is 0. The molecule has 0 saturated carbocycles. The van der Waals surface area contributed by atoms with E-state index in [9.17, 15) is 9.59 Å². The number of carbonyl (C=O) groups excluding carboxylic acids is 1. The van der Waals surface area contributed by atoms with Crippen molar-refractivity contribution in [3.05, 3.63) is 33.2 Å². The molecule has 0 aliphatic rings. The third kappa shape index (κ3) is 2.40. The van der Waals surface area contributed by atoms with Crippen molar-refractivity contribution in [2.75, 3.05) is 13.6 Å². The van der Waals surface area contributed by atoms with Gasteiger partial charge in [-0.3, -0.25) is 14.0 Å². The fourth-order valence-corrected chi connectivity index (χ4v) is 2.91. The van der Waals surface area contributed by atoms with Crippen molar-refractivity contribution in [1.82, 2.24) is 14.3 Å². The van der Waals surface area contributed by atoms with Crippen LogP contribution in [-0.4, -0.2) is 33.8 Å². The van der Waals surface area contributed by atoms with Crippen LogP contribution in [0.2, 0.25) is 0 Å². The first-order valence-corrected chi connectivity index (χ1v) is 7.21. The van der Waals surface area contributed by atoms with E-state index in [0.29, 0.717) is 11.5 Å². The van der Waals surface area contributed by atoms with Gasteiger partial charge < -0.3 is 4.90 Å². The molecule has 2 aromatic rings. The lowest BCUT2D eigenvalue weighted by molar-refractivity contribution is 0.0793. The first-order valence-electron chi connectivity index (χ1n) is 6.33. The van der Waals surface area contributed by atoms with E-state index in [1.807, 2.05) is 19.2 Å². The highest BCUT2D eigenvalue weighted by molar-refractivity contribution is 7.15. The van der Waals surface area contributed by atoms with Crippen LogP contribution in [0, 0.1) is 0 Å². The molecule has 2 heterocycles. The molecule has 0 aromatic carbocycles. The molecule has 0 fully saturated rings. The van der Waals surface area contributed by atoms with Crippen LogP contribution >= 0.6 is 11.3 Å². The van der Waals surface area contributed by atoms with E-state index in [2.05, 4.69) is 4.98 Å². The Bertz CT molecular complexity index is 659. The van der Waals surface area contributed by atoms with E-state index in [-0.39, 0.29) is 17.0 Å². The molecule has 0 atom stereocenters. The molecule has 19 heavy (non-hydrogen) atoms. The summed E-state index contributed by atoms with van der Waals surface area (Å²) in [5, 5.41) is 1.91. The molecule has 0 saturated heterocycles. The lowest BCUT2D eigenvalue weighted by Crippen LogP contribution is -2.33. The van der Waals surface area contributed by atoms with Crippen molar-refractivity contribution in [2.24, 2.45) is 0 Å². The summed E-state index contributed by atoms with van der Waals surface area (Å²) in [5.74, 6) is -0.262. The maximum Gasteiger partial charge on any atom is 0.271 e. The van der Waals surface area contributed by atoms with Gasteiger partial charge in [-0.2, -0.15) is 0 Å². The Morgan fingerprint density at radius 1 is 1.47 bits per heavy atom. The average Bonchev–Trinajstić information content (AvgIpc) is 2.82. The van der Waals surface area contributed by atoms with E-state index in [1.165, 1.54) is 21.9 Å². The Hall–Kier alpha value is -1.69. The molecule has 102 valence electrons. The summed E-state index contributed by atoms with van der Waals surface area (Å²) in [6.45, 7) is 4.60. The maximum absolute atomic E-state index is 12.4. The number of rotatable bonds is 4. The van der Waals surface area contributed by atoms with Crippen molar-refractivity contribution in [3.63, 3.8) is 0 Å². The second-order valence-corrected chi connectivity index (χ2v) is 5.24. The second kappa shape index (κ2) is 5.52. The summed E-state index contributed by atoms with van der Waals surface area (Å²) < 4.78 is 1.54. The monoisotopic (exact) mass is 279 g/mol. The SMILES string of the molecule is CCCN(C)C(=O)c1cnc2scc(CC)n2c1=O. The summed E-state index contributed by atoms with van der Waals surface area (Å²) in [7, 11) is 1.70. The van der Waals surface area contributed by atoms with Crippen LogP contribution in [0.3, 0.4) is 0 Å². The highest BCUT2D eigenvalue weighted by Gasteiger charge is 2.18. The van der Waals surface area contributed by atoms with E-state index in [4.69, 9.17) is 0 Å². The molecule has 1 amide bonds. The fraction of sp³-hybridized carbons (Fsp3) is 0.462. The second-order valence-electron chi connectivity index (χ2n) is 4.40. The predicted molar refractivity (Wildman–Crippen MR) is 76.0 cm³/mol. The normalized spacial score (nSPS) is 10.9. The number of aryl methyl sites for hydroxylation is 1. The van der Waals surface area contributed by atoms with Crippen LogP contribution in [0.15, 0.2) is 16.4 Å². The van der Waals surface area contributed by atoms with E-state index >= 15 is 0 Å². The standard InChI is InChI=1S/C13H17N3O2S/c1-4-6-15(3)11(17)10-7-14-13-16(12(10)18)9(5-2)8-19-13/h7-8H,4-6H2,1-3H3. The van der Waals surface area contributed by atoms with Gasteiger partial charge in [-0.05, 0) is 12.8 Å². The summed E-state index contributed by atoms with van der Waals surface area (Å²) in [4.78, 5) is 31.0. The summed E-state index contributed by atoms with van der Waals surface area (Å²) in [6, 6.07) is 0. The van der Waals surface area contributed by atoms with Gasteiger partial charge in [-0.1, -0.05) is 13.8 Å². The molecule has 6 heteroatoms. The zero-order chi connectivity index (χ0) is 14.0. The minimum Gasteiger partial charge on any atom is -0.341 e. The van der Waals surface area contributed by atoms with Gasteiger partial charge in [0, 0.05) is 30.9 Å². The fourth-order valence-electron chi connectivity index (χ4n) is 1.98. The van der Waals surface area contributed by atoms with Gasteiger partial charge in [0.15, 0.2) is 4.96 Å². The largest absolute Gasteiger partial charge is 0.341 e. The Labute approximate surface area is 115 Å². The number of nitrogens with zero attached hydrogens (tertiary/aromatic N) is 3.